The van der Waals surface area contributed by atoms with Gasteiger partial charge in [0.05, 0.1) is 0 Å². The molecule has 3 N–H and O–H groups in total. The van der Waals surface area contributed by atoms with E-state index in [1.54, 1.807) is 0 Å². The highest BCUT2D eigenvalue weighted by Crippen LogP contribution is 2.28. The highest BCUT2D eigenvalue weighted by Gasteiger charge is 2.19. The number of anilines is 2. The lowest BCUT2D eigenvalue weighted by Gasteiger charge is -2.16. The highest BCUT2D eigenvalue weighted by molar-refractivity contribution is 5.97. The molecule has 1 aliphatic rings. The summed E-state index contributed by atoms with van der Waals surface area (Å²) in [6.07, 6.45) is 1.28. The van der Waals surface area contributed by atoms with Crippen molar-refractivity contribution in [1.82, 2.24) is 9.97 Å². The van der Waals surface area contributed by atoms with Gasteiger partial charge in [0.25, 0.3) is 5.91 Å². The third kappa shape index (κ3) is 0.931. The minimum atomic E-state index is -0.246. The molecule has 12 heavy (non-hydrogen) atoms. The van der Waals surface area contributed by atoms with Gasteiger partial charge in [-0.25, -0.2) is 4.98 Å². The second-order valence-electron chi connectivity index (χ2n) is 2.28. The lowest BCUT2D eigenvalue weighted by atomic mass is 10.4. The number of fused-ring (bicyclic) bond motifs is 1. The van der Waals surface area contributed by atoms with E-state index in [9.17, 15) is 4.79 Å². The standard InChI is InChI=1S/C6H6N4O2/c7-5-4-6(9-2-8-5)12-1-3(11)10-4/h2H,1H2,(H,10,11)(H2,7,8,9). The van der Waals surface area contributed by atoms with E-state index >= 15 is 0 Å². The summed E-state index contributed by atoms with van der Waals surface area (Å²) in [5.74, 6) is 0.291. The SMILES string of the molecule is Nc1ncnc2c1NC(=O)CO2. The number of amides is 1. The van der Waals surface area contributed by atoms with Crippen molar-refractivity contribution >= 4 is 17.4 Å². The quantitative estimate of drug-likeness (QED) is 0.536. The third-order valence-corrected chi connectivity index (χ3v) is 1.45. The summed E-state index contributed by atoms with van der Waals surface area (Å²) in [7, 11) is 0. The number of hydrogen-bond donors (Lipinski definition) is 2. The molecule has 1 aliphatic heterocycles. The van der Waals surface area contributed by atoms with Crippen LogP contribution >= 0.6 is 0 Å². The highest BCUT2D eigenvalue weighted by atomic mass is 16.5. The average molecular weight is 166 g/mol. The lowest BCUT2D eigenvalue weighted by molar-refractivity contribution is -0.118. The molecule has 0 radical (unpaired) electrons. The number of carbonyl (C=O) groups excluding carboxylic acids is 1. The van der Waals surface area contributed by atoms with Crippen LogP contribution in [-0.4, -0.2) is 22.5 Å². The lowest BCUT2D eigenvalue weighted by Crippen LogP contribution is -2.27. The Morgan fingerprint density at radius 2 is 2.42 bits per heavy atom. The molecule has 0 aromatic carbocycles. The Morgan fingerprint density at radius 3 is 3.25 bits per heavy atom. The predicted molar refractivity (Wildman–Crippen MR) is 40.6 cm³/mol. The number of carbonyl (C=O) groups is 1. The fraction of sp³-hybridized carbons (Fsp3) is 0.167. The van der Waals surface area contributed by atoms with Crippen molar-refractivity contribution in [3.63, 3.8) is 0 Å². The van der Waals surface area contributed by atoms with Crippen LogP contribution in [0.15, 0.2) is 6.33 Å². The fourth-order valence-electron chi connectivity index (χ4n) is 0.919. The molecule has 6 nitrogen and oxygen atoms in total. The van der Waals surface area contributed by atoms with Crippen molar-refractivity contribution in [2.24, 2.45) is 0 Å². The molecule has 6 heteroatoms. The second-order valence-corrected chi connectivity index (χ2v) is 2.28. The van der Waals surface area contributed by atoms with Crippen LogP contribution in [0.3, 0.4) is 0 Å². The van der Waals surface area contributed by atoms with Gasteiger partial charge in [-0.15, -0.1) is 0 Å². The van der Waals surface area contributed by atoms with Crippen molar-refractivity contribution in [3.8, 4) is 5.88 Å². The Balaban J connectivity index is 2.50. The number of aromatic nitrogens is 2. The van der Waals surface area contributed by atoms with Crippen molar-refractivity contribution < 1.29 is 9.53 Å². The van der Waals surface area contributed by atoms with Crippen LogP contribution in [0, 0.1) is 0 Å². The summed E-state index contributed by atoms with van der Waals surface area (Å²) in [5.41, 5.74) is 5.81. The van der Waals surface area contributed by atoms with Crippen LogP contribution in [0.5, 0.6) is 5.88 Å². The molecule has 0 atom stereocenters. The zero-order valence-electron chi connectivity index (χ0n) is 6.07. The molecule has 0 unspecified atom stereocenters. The van der Waals surface area contributed by atoms with Gasteiger partial charge in [0.2, 0.25) is 5.88 Å². The minimum Gasteiger partial charge on any atom is -0.466 e. The normalized spacial score (nSPS) is 14.5. The predicted octanol–water partition coefficient (Wildman–Crippen LogP) is -0.610. The number of nitrogens with one attached hydrogen (secondary N) is 1. The summed E-state index contributed by atoms with van der Waals surface area (Å²) in [6, 6.07) is 0. The number of ether oxygens (including phenoxy) is 1. The molecular formula is C6H6N4O2. The molecule has 0 saturated carbocycles. The van der Waals surface area contributed by atoms with Crippen LogP contribution in [-0.2, 0) is 4.79 Å². The first-order chi connectivity index (χ1) is 5.77. The maximum atomic E-state index is 10.8. The molecule has 0 fully saturated rings. The van der Waals surface area contributed by atoms with E-state index in [4.69, 9.17) is 10.5 Å². The number of nitrogen functional groups attached to an aromatic ring is 1. The van der Waals surface area contributed by atoms with Crippen LogP contribution < -0.4 is 15.8 Å². The number of rotatable bonds is 0. The van der Waals surface area contributed by atoms with Gasteiger partial charge in [0.15, 0.2) is 12.4 Å². The maximum Gasteiger partial charge on any atom is 0.262 e. The summed E-state index contributed by atoms with van der Waals surface area (Å²) in [5, 5.41) is 2.51. The first-order valence-corrected chi connectivity index (χ1v) is 3.30. The van der Waals surface area contributed by atoms with E-state index in [1.807, 2.05) is 0 Å². The topological polar surface area (TPSA) is 90.1 Å². The Labute approximate surface area is 67.8 Å². The molecule has 2 rings (SSSR count). The zero-order chi connectivity index (χ0) is 8.55. The number of nitrogens with zero attached hydrogens (tertiary/aromatic N) is 2. The third-order valence-electron chi connectivity index (χ3n) is 1.45. The molecular weight excluding hydrogens is 160 g/mol. The Kier molecular flexibility index (Phi) is 1.33. The van der Waals surface area contributed by atoms with Crippen LogP contribution in [0.1, 0.15) is 0 Å². The summed E-state index contributed by atoms with van der Waals surface area (Å²) in [4.78, 5) is 18.3. The molecule has 0 aliphatic carbocycles. The summed E-state index contributed by atoms with van der Waals surface area (Å²) in [6.45, 7) is -0.0244. The molecule has 0 bridgehead atoms. The van der Waals surface area contributed by atoms with E-state index in [1.165, 1.54) is 6.33 Å². The van der Waals surface area contributed by atoms with Gasteiger partial charge >= 0.3 is 0 Å². The van der Waals surface area contributed by atoms with Gasteiger partial charge in [-0.05, 0) is 0 Å². The van der Waals surface area contributed by atoms with Gasteiger partial charge in [-0.1, -0.05) is 0 Å². The van der Waals surface area contributed by atoms with Gasteiger partial charge in [-0.2, -0.15) is 4.98 Å². The monoisotopic (exact) mass is 166 g/mol. The van der Waals surface area contributed by atoms with Crippen molar-refractivity contribution in [2.45, 2.75) is 0 Å². The fourth-order valence-corrected chi connectivity index (χ4v) is 0.919. The van der Waals surface area contributed by atoms with Gasteiger partial charge < -0.3 is 15.8 Å². The van der Waals surface area contributed by atoms with E-state index in [-0.39, 0.29) is 18.3 Å². The molecule has 1 amide bonds. The smallest absolute Gasteiger partial charge is 0.262 e. The average Bonchev–Trinajstić information content (AvgIpc) is 2.07. The summed E-state index contributed by atoms with van der Waals surface area (Å²) >= 11 is 0. The van der Waals surface area contributed by atoms with Crippen LogP contribution in [0.2, 0.25) is 0 Å². The molecule has 1 aromatic heterocycles. The molecule has 1 aromatic rings. The van der Waals surface area contributed by atoms with Gasteiger partial charge in [0, 0.05) is 0 Å². The van der Waals surface area contributed by atoms with Crippen molar-refractivity contribution in [3.05, 3.63) is 6.33 Å². The van der Waals surface area contributed by atoms with Crippen molar-refractivity contribution in [1.29, 1.82) is 0 Å². The molecule has 0 saturated heterocycles. The number of nitrogens with two attached hydrogens (primary N) is 1. The molecule has 0 spiro atoms. The first kappa shape index (κ1) is 6.84. The van der Waals surface area contributed by atoms with Gasteiger partial charge in [0.1, 0.15) is 12.0 Å². The second kappa shape index (κ2) is 2.33. The Bertz CT molecular complexity index is 338. The first-order valence-electron chi connectivity index (χ1n) is 3.30. The van der Waals surface area contributed by atoms with Crippen LogP contribution in [0.25, 0.3) is 0 Å². The van der Waals surface area contributed by atoms with E-state index in [2.05, 4.69) is 15.3 Å². The van der Waals surface area contributed by atoms with E-state index in [0.29, 0.717) is 11.6 Å². The number of hydrogen-bond acceptors (Lipinski definition) is 5. The van der Waals surface area contributed by atoms with E-state index in [0.717, 1.165) is 0 Å². The maximum absolute atomic E-state index is 10.8. The molecule has 62 valence electrons. The largest absolute Gasteiger partial charge is 0.466 e. The van der Waals surface area contributed by atoms with Crippen molar-refractivity contribution in [2.75, 3.05) is 17.7 Å². The van der Waals surface area contributed by atoms with E-state index < -0.39 is 0 Å². The minimum absolute atomic E-state index is 0.0244. The molecule has 2 heterocycles. The Morgan fingerprint density at radius 1 is 1.58 bits per heavy atom. The Hall–Kier alpha value is -1.85. The van der Waals surface area contributed by atoms with Gasteiger partial charge in [-0.3, -0.25) is 4.79 Å². The zero-order valence-corrected chi connectivity index (χ0v) is 6.07. The summed E-state index contributed by atoms with van der Waals surface area (Å²) < 4.78 is 4.97. The van der Waals surface area contributed by atoms with Crippen LogP contribution in [0.4, 0.5) is 11.5 Å².